The summed E-state index contributed by atoms with van der Waals surface area (Å²) < 4.78 is 5.45. The lowest BCUT2D eigenvalue weighted by atomic mass is 10.1. The van der Waals surface area contributed by atoms with Gasteiger partial charge < -0.3 is 14.5 Å². The van der Waals surface area contributed by atoms with E-state index in [1.807, 2.05) is 54.3 Å². The first-order valence-corrected chi connectivity index (χ1v) is 8.94. The van der Waals surface area contributed by atoms with Crippen LogP contribution in [-0.4, -0.2) is 36.4 Å². The minimum atomic E-state index is -0.113. The van der Waals surface area contributed by atoms with E-state index in [1.165, 1.54) is 5.56 Å². The van der Waals surface area contributed by atoms with E-state index in [1.54, 1.807) is 4.90 Å². The molecule has 2 aromatic rings. The van der Waals surface area contributed by atoms with Crippen LogP contribution in [0.5, 0.6) is 5.75 Å². The van der Waals surface area contributed by atoms with Crippen molar-refractivity contribution in [1.82, 2.24) is 4.90 Å². The van der Waals surface area contributed by atoms with Crippen molar-refractivity contribution in [3.63, 3.8) is 0 Å². The van der Waals surface area contributed by atoms with Crippen molar-refractivity contribution in [3.8, 4) is 5.75 Å². The summed E-state index contributed by atoms with van der Waals surface area (Å²) in [6.45, 7) is 5.65. The number of nitrogens with zero attached hydrogens (tertiary/aromatic N) is 2. The zero-order valence-electron chi connectivity index (χ0n) is 15.3. The molecule has 0 aliphatic carbocycles. The maximum Gasteiger partial charge on any atom is 0.265 e. The van der Waals surface area contributed by atoms with E-state index in [9.17, 15) is 9.59 Å². The molecule has 0 aromatic heterocycles. The maximum absolute atomic E-state index is 12.7. The largest absolute Gasteiger partial charge is 0.482 e. The Bertz CT molecular complexity index is 803. The summed E-state index contributed by atoms with van der Waals surface area (Å²) in [5.74, 6) is 0.623. The van der Waals surface area contributed by atoms with Crippen LogP contribution in [0.4, 0.5) is 5.69 Å². The monoisotopic (exact) mass is 352 g/mol. The molecule has 0 radical (unpaired) electrons. The second kappa shape index (κ2) is 8.04. The van der Waals surface area contributed by atoms with E-state index >= 15 is 0 Å². The van der Waals surface area contributed by atoms with Crippen molar-refractivity contribution in [3.05, 3.63) is 59.7 Å². The third-order valence-electron chi connectivity index (χ3n) is 4.71. The van der Waals surface area contributed by atoms with Crippen LogP contribution in [0, 0.1) is 6.92 Å². The molecule has 26 heavy (non-hydrogen) atoms. The van der Waals surface area contributed by atoms with Gasteiger partial charge in [-0.3, -0.25) is 9.59 Å². The second-order valence-corrected chi connectivity index (χ2v) is 6.39. The summed E-state index contributed by atoms with van der Waals surface area (Å²) in [6, 6.07) is 15.5. The molecule has 0 atom stereocenters. The van der Waals surface area contributed by atoms with Crippen LogP contribution in [0.25, 0.3) is 0 Å². The standard InChI is InChI=1S/C21H24N2O3/c1-3-22(14-17-9-5-4-8-16(17)2)20(24)12-13-23-18-10-6-7-11-19(18)26-15-21(23)25/h4-11H,3,12-15H2,1-2H3. The number of fused-ring (bicyclic) bond motifs is 1. The molecule has 1 aliphatic heterocycles. The van der Waals surface area contributed by atoms with Crippen LogP contribution in [0.2, 0.25) is 0 Å². The molecule has 0 unspecified atom stereocenters. The lowest BCUT2D eigenvalue weighted by Gasteiger charge is -2.30. The lowest BCUT2D eigenvalue weighted by molar-refractivity contribution is -0.131. The van der Waals surface area contributed by atoms with Gasteiger partial charge >= 0.3 is 0 Å². The van der Waals surface area contributed by atoms with Crippen molar-refractivity contribution in [2.75, 3.05) is 24.6 Å². The van der Waals surface area contributed by atoms with Gasteiger partial charge in [0.05, 0.1) is 5.69 Å². The summed E-state index contributed by atoms with van der Waals surface area (Å²) in [6.07, 6.45) is 0.291. The Morgan fingerprint density at radius 1 is 1.15 bits per heavy atom. The van der Waals surface area contributed by atoms with Crippen LogP contribution in [0.3, 0.4) is 0 Å². The average molecular weight is 352 g/mol. The van der Waals surface area contributed by atoms with E-state index in [4.69, 9.17) is 4.74 Å². The number of benzene rings is 2. The van der Waals surface area contributed by atoms with E-state index < -0.39 is 0 Å². The number of anilines is 1. The Kier molecular flexibility index (Phi) is 5.56. The predicted octanol–water partition coefficient (Wildman–Crippen LogP) is 3.16. The highest BCUT2D eigenvalue weighted by Crippen LogP contribution is 2.31. The Labute approximate surface area is 154 Å². The molecule has 5 nitrogen and oxygen atoms in total. The van der Waals surface area contributed by atoms with E-state index in [-0.39, 0.29) is 18.4 Å². The summed E-state index contributed by atoms with van der Waals surface area (Å²) >= 11 is 0. The normalized spacial score (nSPS) is 13.2. The minimum absolute atomic E-state index is 0.0197. The molecular weight excluding hydrogens is 328 g/mol. The quantitative estimate of drug-likeness (QED) is 0.802. The minimum Gasteiger partial charge on any atom is -0.482 e. The highest BCUT2D eigenvalue weighted by molar-refractivity contribution is 5.98. The number of rotatable bonds is 6. The van der Waals surface area contributed by atoms with Crippen LogP contribution in [0.1, 0.15) is 24.5 Å². The first kappa shape index (κ1) is 18.0. The highest BCUT2D eigenvalue weighted by Gasteiger charge is 2.26. The topological polar surface area (TPSA) is 49.9 Å². The summed E-state index contributed by atoms with van der Waals surface area (Å²) in [5, 5.41) is 0. The molecule has 1 aliphatic rings. The molecule has 2 amide bonds. The first-order chi connectivity index (χ1) is 12.6. The van der Waals surface area contributed by atoms with E-state index in [2.05, 4.69) is 13.0 Å². The molecule has 0 fully saturated rings. The molecule has 0 saturated carbocycles. The van der Waals surface area contributed by atoms with Crippen molar-refractivity contribution in [2.45, 2.75) is 26.8 Å². The molecule has 0 bridgehead atoms. The van der Waals surface area contributed by atoms with Gasteiger partial charge in [-0.2, -0.15) is 0 Å². The van der Waals surface area contributed by atoms with Gasteiger partial charge in [0, 0.05) is 26.1 Å². The Morgan fingerprint density at radius 2 is 1.88 bits per heavy atom. The van der Waals surface area contributed by atoms with Crippen molar-refractivity contribution in [1.29, 1.82) is 0 Å². The fourth-order valence-corrected chi connectivity index (χ4v) is 3.13. The Morgan fingerprint density at radius 3 is 2.65 bits per heavy atom. The lowest BCUT2D eigenvalue weighted by Crippen LogP contribution is -2.41. The number of ether oxygens (including phenoxy) is 1. The zero-order chi connectivity index (χ0) is 18.5. The van der Waals surface area contributed by atoms with Crippen LogP contribution < -0.4 is 9.64 Å². The summed E-state index contributed by atoms with van der Waals surface area (Å²) in [4.78, 5) is 28.4. The number of hydrogen-bond donors (Lipinski definition) is 0. The first-order valence-electron chi connectivity index (χ1n) is 8.94. The van der Waals surface area contributed by atoms with Crippen molar-refractivity contribution in [2.24, 2.45) is 0 Å². The summed E-state index contributed by atoms with van der Waals surface area (Å²) in [7, 11) is 0. The molecule has 3 rings (SSSR count). The molecule has 0 saturated heterocycles. The molecule has 5 heteroatoms. The van der Waals surface area contributed by atoms with Gasteiger partial charge in [0.2, 0.25) is 5.91 Å². The van der Waals surface area contributed by atoms with Gasteiger partial charge in [-0.05, 0) is 37.1 Å². The van der Waals surface area contributed by atoms with Crippen LogP contribution in [-0.2, 0) is 16.1 Å². The number of carbonyl (C=O) groups excluding carboxylic acids is 2. The molecule has 136 valence electrons. The van der Waals surface area contributed by atoms with Gasteiger partial charge in [0.25, 0.3) is 5.91 Å². The number of amides is 2. The molecule has 1 heterocycles. The highest BCUT2D eigenvalue weighted by atomic mass is 16.5. The number of hydrogen-bond acceptors (Lipinski definition) is 3. The third-order valence-corrected chi connectivity index (χ3v) is 4.71. The molecular formula is C21H24N2O3. The SMILES string of the molecule is CCN(Cc1ccccc1C)C(=O)CCN1C(=O)COc2ccccc21. The number of aryl methyl sites for hydroxylation is 1. The summed E-state index contributed by atoms with van der Waals surface area (Å²) in [5.41, 5.74) is 3.06. The zero-order valence-corrected chi connectivity index (χ0v) is 15.3. The van der Waals surface area contributed by atoms with E-state index in [0.29, 0.717) is 31.8 Å². The van der Waals surface area contributed by atoms with Crippen molar-refractivity contribution >= 4 is 17.5 Å². The van der Waals surface area contributed by atoms with Crippen molar-refractivity contribution < 1.29 is 14.3 Å². The Hall–Kier alpha value is -2.82. The Balaban J connectivity index is 1.66. The molecule has 2 aromatic carbocycles. The van der Waals surface area contributed by atoms with Crippen LogP contribution in [0.15, 0.2) is 48.5 Å². The fourth-order valence-electron chi connectivity index (χ4n) is 3.13. The second-order valence-electron chi connectivity index (χ2n) is 6.39. The van der Waals surface area contributed by atoms with Gasteiger partial charge in [0.15, 0.2) is 6.61 Å². The van der Waals surface area contributed by atoms with Gasteiger partial charge in [-0.15, -0.1) is 0 Å². The third kappa shape index (κ3) is 3.87. The predicted molar refractivity (Wildman–Crippen MR) is 101 cm³/mol. The maximum atomic E-state index is 12.7. The van der Waals surface area contributed by atoms with Gasteiger partial charge in [-0.1, -0.05) is 36.4 Å². The smallest absolute Gasteiger partial charge is 0.265 e. The number of carbonyl (C=O) groups is 2. The van der Waals surface area contributed by atoms with Crippen LogP contribution >= 0.6 is 0 Å². The van der Waals surface area contributed by atoms with E-state index in [0.717, 1.165) is 11.3 Å². The molecule has 0 N–H and O–H groups in total. The fraction of sp³-hybridized carbons (Fsp3) is 0.333. The number of para-hydroxylation sites is 2. The van der Waals surface area contributed by atoms with Gasteiger partial charge in [0.1, 0.15) is 5.75 Å². The van der Waals surface area contributed by atoms with Gasteiger partial charge in [-0.25, -0.2) is 0 Å². The average Bonchev–Trinajstić information content (AvgIpc) is 2.66. The molecule has 0 spiro atoms.